The summed E-state index contributed by atoms with van der Waals surface area (Å²) in [6, 6.07) is 10.6. The average Bonchev–Trinajstić information content (AvgIpc) is 2.97. The molecular weight excluding hydrogens is 555 g/mol. The fourth-order valence-corrected chi connectivity index (χ4v) is 4.32. The fourth-order valence-electron chi connectivity index (χ4n) is 4.32. The third-order valence-electron chi connectivity index (χ3n) is 6.71. The van der Waals surface area contributed by atoms with Gasteiger partial charge in [0.1, 0.15) is 23.9 Å². The van der Waals surface area contributed by atoms with Crippen molar-refractivity contribution in [2.45, 2.75) is 76.0 Å². The van der Waals surface area contributed by atoms with Crippen LogP contribution in [0.1, 0.15) is 50.2 Å². The minimum absolute atomic E-state index is 0.0874. The highest BCUT2D eigenvalue weighted by Crippen LogP contribution is 2.09. The van der Waals surface area contributed by atoms with Crippen molar-refractivity contribution < 1.29 is 23.6 Å². The molecule has 43 heavy (non-hydrogen) atoms. The summed E-state index contributed by atoms with van der Waals surface area (Å²) in [5, 5.41) is 8.08. The highest BCUT2D eigenvalue weighted by atomic mass is 19.1. The molecule has 0 unspecified atom stereocenters. The Bertz CT molecular complexity index is 1220. The van der Waals surface area contributed by atoms with E-state index in [0.29, 0.717) is 24.8 Å². The van der Waals surface area contributed by atoms with Gasteiger partial charge in [0.05, 0.1) is 6.04 Å². The largest absolute Gasteiger partial charge is 0.370 e. The topological polar surface area (TPSA) is 221 Å². The van der Waals surface area contributed by atoms with Crippen LogP contribution in [0.25, 0.3) is 0 Å². The van der Waals surface area contributed by atoms with Gasteiger partial charge in [-0.15, -0.1) is 0 Å². The zero-order chi connectivity index (χ0) is 31.8. The van der Waals surface area contributed by atoms with Crippen LogP contribution >= 0.6 is 0 Å². The van der Waals surface area contributed by atoms with E-state index in [9.17, 15) is 23.6 Å². The Kier molecular flexibility index (Phi) is 14.6. The first-order valence-electron chi connectivity index (χ1n) is 14.3. The number of halogens is 1. The van der Waals surface area contributed by atoms with Crippen LogP contribution in [0.3, 0.4) is 0 Å². The maximum Gasteiger partial charge on any atom is 0.243 e. The first kappa shape index (κ1) is 34.7. The number of carbonyl (C=O) groups excluding carboxylic acids is 4. The molecule has 12 nitrogen and oxygen atoms in total. The third-order valence-corrected chi connectivity index (χ3v) is 6.71. The molecule has 0 saturated carbocycles. The molecule has 234 valence electrons. The van der Waals surface area contributed by atoms with Crippen LogP contribution in [0.5, 0.6) is 0 Å². The molecule has 0 aliphatic rings. The molecule has 0 radical (unpaired) electrons. The molecule has 2 aromatic carbocycles. The van der Waals surface area contributed by atoms with Crippen LogP contribution in [0.2, 0.25) is 0 Å². The Morgan fingerprint density at radius 2 is 1.30 bits per heavy atom. The minimum atomic E-state index is -1.06. The monoisotopic (exact) mass is 598 g/mol. The fraction of sp³-hybridized carbons (Fsp3) is 0.433. The van der Waals surface area contributed by atoms with E-state index in [1.807, 2.05) is 25.1 Å². The second-order valence-corrected chi connectivity index (χ2v) is 10.3. The van der Waals surface area contributed by atoms with Crippen LogP contribution in [-0.4, -0.2) is 60.3 Å². The van der Waals surface area contributed by atoms with Gasteiger partial charge in [0.2, 0.25) is 23.6 Å². The molecule has 2 rings (SSSR count). The number of nitrogens with zero attached hydrogens (tertiary/aromatic N) is 1. The van der Waals surface area contributed by atoms with E-state index in [1.54, 1.807) is 12.1 Å². The first-order valence-corrected chi connectivity index (χ1v) is 14.3. The molecule has 11 N–H and O–H groups in total. The summed E-state index contributed by atoms with van der Waals surface area (Å²) in [4.78, 5) is 55.7. The van der Waals surface area contributed by atoms with Gasteiger partial charge in [0.15, 0.2) is 5.96 Å². The Morgan fingerprint density at radius 1 is 0.744 bits per heavy atom. The molecule has 0 aliphatic heterocycles. The molecule has 0 heterocycles. The number of guanidine groups is 1. The smallest absolute Gasteiger partial charge is 0.243 e. The molecule has 4 amide bonds. The van der Waals surface area contributed by atoms with Crippen LogP contribution in [0.15, 0.2) is 59.6 Å². The molecule has 0 saturated heterocycles. The molecule has 0 aliphatic carbocycles. The lowest BCUT2D eigenvalue weighted by atomic mass is 10.0. The zero-order valence-corrected chi connectivity index (χ0v) is 24.4. The van der Waals surface area contributed by atoms with E-state index in [0.717, 1.165) is 12.0 Å². The summed E-state index contributed by atoms with van der Waals surface area (Å²) in [5.41, 5.74) is 23.7. The van der Waals surface area contributed by atoms with Gasteiger partial charge < -0.3 is 38.9 Å². The number of rotatable bonds is 18. The van der Waals surface area contributed by atoms with Gasteiger partial charge in [-0.05, 0) is 48.9 Å². The first-order chi connectivity index (χ1) is 20.5. The molecule has 0 aromatic heterocycles. The predicted octanol–water partition coefficient (Wildman–Crippen LogP) is 0.122. The average molecular weight is 599 g/mol. The summed E-state index contributed by atoms with van der Waals surface area (Å²) in [7, 11) is 0. The van der Waals surface area contributed by atoms with E-state index in [-0.39, 0.29) is 31.8 Å². The second-order valence-electron chi connectivity index (χ2n) is 10.3. The number of aliphatic imine (C=N–C) groups is 1. The quantitative estimate of drug-likeness (QED) is 0.0713. The van der Waals surface area contributed by atoms with Gasteiger partial charge in [-0.3, -0.25) is 24.2 Å². The molecule has 0 spiro atoms. The molecule has 2 aromatic rings. The number of amides is 4. The van der Waals surface area contributed by atoms with Crippen molar-refractivity contribution in [3.05, 3.63) is 71.5 Å². The number of unbranched alkanes of at least 4 members (excludes halogenated alkanes) is 1. The number of carbonyl (C=O) groups is 4. The summed E-state index contributed by atoms with van der Waals surface area (Å²) < 4.78 is 13.3. The Hall–Kier alpha value is -4.52. The van der Waals surface area contributed by atoms with Crippen molar-refractivity contribution in [2.75, 3.05) is 6.54 Å². The van der Waals surface area contributed by atoms with E-state index in [4.69, 9.17) is 22.9 Å². The molecule has 0 fully saturated rings. The van der Waals surface area contributed by atoms with Crippen molar-refractivity contribution in [2.24, 2.45) is 27.9 Å². The lowest BCUT2D eigenvalue weighted by Crippen LogP contribution is -2.58. The number of hydrogen-bond acceptors (Lipinski definition) is 6. The van der Waals surface area contributed by atoms with E-state index in [1.165, 1.54) is 24.3 Å². The molecule has 13 heteroatoms. The summed E-state index contributed by atoms with van der Waals surface area (Å²) in [5.74, 6) is -2.98. The van der Waals surface area contributed by atoms with E-state index < -0.39 is 53.6 Å². The van der Waals surface area contributed by atoms with Gasteiger partial charge in [0.25, 0.3) is 0 Å². The van der Waals surface area contributed by atoms with Crippen molar-refractivity contribution in [1.82, 2.24) is 16.0 Å². The molecule has 4 atom stereocenters. The second kappa shape index (κ2) is 18.1. The van der Waals surface area contributed by atoms with E-state index in [2.05, 4.69) is 20.9 Å². The standard InChI is InChI=1S/C30H43FN8O4/c1-2-3-10-24(28(42)37-23(26(33)40)11-7-16-36-30(34)35)38-29(43)25(18-19-8-5-4-6-9-19)39-27(41)22(32)17-20-12-14-21(31)15-13-20/h4-6,8-9,12-15,22-25H,2-3,7,10-11,16-18,32H2,1H3,(H2,33,40)(H,37,42)(H,38,43)(H,39,41)(H4,34,35,36)/t22-,23-,24-,25-/m1/s1. The van der Waals surface area contributed by atoms with Crippen molar-refractivity contribution in [3.8, 4) is 0 Å². The third kappa shape index (κ3) is 12.9. The van der Waals surface area contributed by atoms with Crippen LogP contribution in [0.4, 0.5) is 4.39 Å². The summed E-state index contributed by atoms with van der Waals surface area (Å²) >= 11 is 0. The highest BCUT2D eigenvalue weighted by Gasteiger charge is 2.30. The number of nitrogens with two attached hydrogens (primary N) is 4. The lowest BCUT2D eigenvalue weighted by Gasteiger charge is -2.25. The number of benzene rings is 2. The maximum atomic E-state index is 13.6. The van der Waals surface area contributed by atoms with Crippen LogP contribution < -0.4 is 38.9 Å². The van der Waals surface area contributed by atoms with Gasteiger partial charge in [-0.25, -0.2) is 4.39 Å². The zero-order valence-electron chi connectivity index (χ0n) is 24.4. The summed E-state index contributed by atoms with van der Waals surface area (Å²) in [6.45, 7) is 2.19. The van der Waals surface area contributed by atoms with Crippen LogP contribution in [-0.2, 0) is 32.0 Å². The number of nitrogens with one attached hydrogen (secondary N) is 3. The summed E-state index contributed by atoms with van der Waals surface area (Å²) in [6.07, 6.45) is 2.52. The van der Waals surface area contributed by atoms with Crippen molar-refractivity contribution >= 4 is 29.6 Å². The lowest BCUT2D eigenvalue weighted by molar-refractivity contribution is -0.133. The Labute approximate surface area is 251 Å². The van der Waals surface area contributed by atoms with Crippen LogP contribution in [0, 0.1) is 5.82 Å². The van der Waals surface area contributed by atoms with Gasteiger partial charge >= 0.3 is 0 Å². The highest BCUT2D eigenvalue weighted by molar-refractivity contribution is 5.94. The molecular formula is C30H43FN8O4. The van der Waals surface area contributed by atoms with Gasteiger partial charge in [-0.1, -0.05) is 62.2 Å². The molecule has 0 bridgehead atoms. The van der Waals surface area contributed by atoms with Gasteiger partial charge in [0, 0.05) is 13.0 Å². The number of primary amides is 1. The Morgan fingerprint density at radius 3 is 1.91 bits per heavy atom. The Balaban J connectivity index is 2.17. The van der Waals surface area contributed by atoms with Crippen molar-refractivity contribution in [3.63, 3.8) is 0 Å². The minimum Gasteiger partial charge on any atom is -0.370 e. The maximum absolute atomic E-state index is 13.6. The predicted molar refractivity (Wildman–Crippen MR) is 163 cm³/mol. The SMILES string of the molecule is CCCC[C@@H](NC(=O)[C@@H](Cc1ccccc1)NC(=O)[C@H](N)Cc1ccc(F)cc1)C(=O)N[C@H](CCCN=C(N)N)C(N)=O. The van der Waals surface area contributed by atoms with E-state index >= 15 is 0 Å². The number of hydrogen-bond donors (Lipinski definition) is 7. The van der Waals surface area contributed by atoms with Crippen molar-refractivity contribution in [1.29, 1.82) is 0 Å². The van der Waals surface area contributed by atoms with Gasteiger partial charge in [-0.2, -0.15) is 0 Å². The normalized spacial score (nSPS) is 13.6.